The summed E-state index contributed by atoms with van der Waals surface area (Å²) in [6, 6.07) is 6.02. The lowest BCUT2D eigenvalue weighted by molar-refractivity contribution is -0.122. The van der Waals surface area contributed by atoms with Gasteiger partial charge in [0.25, 0.3) is 11.8 Å². The fourth-order valence-corrected chi connectivity index (χ4v) is 5.15. The number of aldehydes is 1. The maximum absolute atomic E-state index is 12.9. The Morgan fingerprint density at radius 2 is 1.92 bits per heavy atom. The van der Waals surface area contributed by atoms with E-state index in [1.54, 1.807) is 42.9 Å². The summed E-state index contributed by atoms with van der Waals surface area (Å²) in [4.78, 5) is 57.7. The highest BCUT2D eigenvalue weighted by Crippen LogP contribution is 2.40. The van der Waals surface area contributed by atoms with Gasteiger partial charge in [-0.15, -0.1) is 0 Å². The van der Waals surface area contributed by atoms with Gasteiger partial charge in [0.2, 0.25) is 5.91 Å². The number of fused-ring (bicyclic) bond motifs is 1. The van der Waals surface area contributed by atoms with E-state index in [4.69, 9.17) is 5.73 Å². The van der Waals surface area contributed by atoms with Crippen molar-refractivity contribution in [3.8, 4) is 11.4 Å². The van der Waals surface area contributed by atoms with Crippen LogP contribution in [-0.4, -0.2) is 61.2 Å². The Balaban J connectivity index is 1.09. The van der Waals surface area contributed by atoms with Gasteiger partial charge in [0.1, 0.15) is 12.3 Å². The summed E-state index contributed by atoms with van der Waals surface area (Å²) in [6.07, 6.45) is 12.1. The summed E-state index contributed by atoms with van der Waals surface area (Å²) in [5.41, 5.74) is 7.53. The number of primary amides is 1. The van der Waals surface area contributed by atoms with Crippen LogP contribution in [0, 0.1) is 5.92 Å². The molecule has 2 aromatic heterocycles. The van der Waals surface area contributed by atoms with Gasteiger partial charge in [-0.1, -0.05) is 0 Å². The molecule has 3 heterocycles. The largest absolute Gasteiger partial charge is 0.385 e. The second kappa shape index (κ2) is 10.9. The van der Waals surface area contributed by atoms with Crippen LogP contribution in [0.25, 0.3) is 11.4 Å². The van der Waals surface area contributed by atoms with Crippen molar-refractivity contribution in [3.05, 3.63) is 60.2 Å². The molecule has 1 saturated carbocycles. The summed E-state index contributed by atoms with van der Waals surface area (Å²) in [5.74, 6) is -0.629. The van der Waals surface area contributed by atoms with Crippen molar-refractivity contribution in [3.63, 3.8) is 0 Å². The third-order valence-electron chi connectivity index (χ3n) is 7.24. The Labute approximate surface area is 219 Å². The predicted octanol–water partition coefficient (Wildman–Crippen LogP) is 2.61. The Morgan fingerprint density at radius 3 is 2.66 bits per heavy atom. The molecule has 1 fully saturated rings. The van der Waals surface area contributed by atoms with Gasteiger partial charge in [-0.05, 0) is 62.3 Å². The summed E-state index contributed by atoms with van der Waals surface area (Å²) in [7, 11) is 0. The van der Waals surface area contributed by atoms with Crippen LogP contribution in [0.5, 0.6) is 0 Å². The maximum atomic E-state index is 12.9. The van der Waals surface area contributed by atoms with E-state index < -0.39 is 23.8 Å². The monoisotopic (exact) mass is 515 g/mol. The SMILES string of the molecule is NC(=O)C(CCC=O)N1C(=O)c2ccc(NCCCC3CC(n4cc(-c5ncccn5)cn4)C3)cc2C1=O. The minimum Gasteiger partial charge on any atom is -0.385 e. The standard InChI is InChI=1S/C27H29N7O4/c28-24(36)23(5-2-11-35)34-26(37)21-7-6-19(14-22(21)27(34)38)29-8-1-4-17-12-20(13-17)33-16-18(15-32-33)25-30-9-3-10-31-25/h3,6-7,9-11,14-17,20,23,29H,1-2,4-5,8,12-13H2,(H2,28,36). The summed E-state index contributed by atoms with van der Waals surface area (Å²) in [6.45, 7) is 0.728. The number of rotatable bonds is 12. The molecule has 0 radical (unpaired) electrons. The zero-order chi connectivity index (χ0) is 26.6. The molecule has 2 aliphatic rings. The first-order valence-corrected chi connectivity index (χ1v) is 12.8. The van der Waals surface area contributed by atoms with Crippen LogP contribution in [0.3, 0.4) is 0 Å². The third-order valence-corrected chi connectivity index (χ3v) is 7.24. The van der Waals surface area contributed by atoms with Gasteiger partial charge in [0.15, 0.2) is 5.82 Å². The van der Waals surface area contributed by atoms with Crippen LogP contribution in [0.4, 0.5) is 5.69 Å². The summed E-state index contributed by atoms with van der Waals surface area (Å²) in [5, 5.41) is 7.82. The molecule has 3 N–H and O–H groups in total. The highest BCUT2D eigenvalue weighted by atomic mass is 16.2. The Kier molecular flexibility index (Phi) is 7.25. The molecule has 11 nitrogen and oxygen atoms in total. The fourth-order valence-electron chi connectivity index (χ4n) is 5.15. The van der Waals surface area contributed by atoms with Crippen molar-refractivity contribution >= 4 is 29.7 Å². The number of benzene rings is 1. The van der Waals surface area contributed by atoms with Crippen molar-refractivity contribution < 1.29 is 19.2 Å². The molecule has 1 aliphatic heterocycles. The van der Waals surface area contributed by atoms with E-state index in [1.165, 1.54) is 0 Å². The van der Waals surface area contributed by atoms with E-state index in [-0.39, 0.29) is 24.0 Å². The van der Waals surface area contributed by atoms with E-state index in [9.17, 15) is 19.2 Å². The van der Waals surface area contributed by atoms with Gasteiger partial charge in [0, 0.05) is 37.2 Å². The number of carbonyl (C=O) groups is 4. The minimum atomic E-state index is -1.14. The molecule has 3 aromatic rings. The molecule has 1 atom stereocenters. The van der Waals surface area contributed by atoms with Gasteiger partial charge < -0.3 is 15.8 Å². The smallest absolute Gasteiger partial charge is 0.262 e. The highest BCUT2D eigenvalue weighted by molar-refractivity contribution is 6.23. The molecule has 196 valence electrons. The maximum Gasteiger partial charge on any atom is 0.262 e. The van der Waals surface area contributed by atoms with Gasteiger partial charge in [-0.25, -0.2) is 9.97 Å². The number of hydrogen-bond donors (Lipinski definition) is 2. The van der Waals surface area contributed by atoms with Crippen LogP contribution >= 0.6 is 0 Å². The van der Waals surface area contributed by atoms with Crippen LogP contribution in [0.15, 0.2) is 49.1 Å². The average Bonchev–Trinajstić information content (AvgIpc) is 3.47. The molecule has 5 rings (SSSR count). The van der Waals surface area contributed by atoms with E-state index in [0.29, 0.717) is 24.1 Å². The molecule has 1 aliphatic carbocycles. The van der Waals surface area contributed by atoms with Crippen LogP contribution in [0.1, 0.15) is 65.3 Å². The summed E-state index contributed by atoms with van der Waals surface area (Å²) >= 11 is 0. The lowest BCUT2D eigenvalue weighted by Gasteiger charge is -2.35. The first-order valence-electron chi connectivity index (χ1n) is 12.8. The number of anilines is 1. The second-order valence-corrected chi connectivity index (χ2v) is 9.74. The second-order valence-electron chi connectivity index (χ2n) is 9.74. The van der Waals surface area contributed by atoms with Crippen LogP contribution < -0.4 is 11.1 Å². The van der Waals surface area contributed by atoms with Gasteiger partial charge in [-0.3, -0.25) is 24.0 Å². The number of hydrogen-bond acceptors (Lipinski definition) is 8. The minimum absolute atomic E-state index is 0.0143. The number of carbonyl (C=O) groups excluding carboxylic acids is 4. The van der Waals surface area contributed by atoms with Crippen molar-refractivity contribution in [1.29, 1.82) is 0 Å². The number of imide groups is 1. The number of aromatic nitrogens is 4. The van der Waals surface area contributed by atoms with E-state index in [0.717, 1.165) is 48.4 Å². The number of nitrogens with two attached hydrogens (primary N) is 1. The molecule has 0 saturated heterocycles. The first kappa shape index (κ1) is 25.2. The highest BCUT2D eigenvalue weighted by Gasteiger charge is 2.42. The van der Waals surface area contributed by atoms with Gasteiger partial charge >= 0.3 is 0 Å². The normalized spacial score (nSPS) is 19.1. The van der Waals surface area contributed by atoms with E-state index in [1.807, 2.05) is 10.9 Å². The number of amides is 3. The predicted molar refractivity (Wildman–Crippen MR) is 138 cm³/mol. The van der Waals surface area contributed by atoms with Crippen LogP contribution in [-0.2, 0) is 9.59 Å². The fraction of sp³-hybridized carbons (Fsp3) is 0.370. The molecule has 1 aromatic carbocycles. The lowest BCUT2D eigenvalue weighted by Crippen LogP contribution is -2.47. The van der Waals surface area contributed by atoms with Crippen molar-refractivity contribution in [2.45, 2.75) is 50.6 Å². The lowest BCUT2D eigenvalue weighted by atomic mass is 9.77. The molecular formula is C27H29N7O4. The average molecular weight is 516 g/mol. The van der Waals surface area contributed by atoms with E-state index >= 15 is 0 Å². The van der Waals surface area contributed by atoms with Crippen molar-refractivity contribution in [1.82, 2.24) is 24.6 Å². The van der Waals surface area contributed by atoms with Gasteiger partial charge in [0.05, 0.1) is 28.9 Å². The first-order chi connectivity index (χ1) is 18.5. The topological polar surface area (TPSA) is 153 Å². The molecular weight excluding hydrogens is 486 g/mol. The molecule has 3 amide bonds. The Bertz CT molecular complexity index is 1350. The Morgan fingerprint density at radius 1 is 1.16 bits per heavy atom. The molecule has 1 unspecified atom stereocenters. The summed E-state index contributed by atoms with van der Waals surface area (Å²) < 4.78 is 2.01. The molecule has 38 heavy (non-hydrogen) atoms. The van der Waals surface area contributed by atoms with Gasteiger partial charge in [-0.2, -0.15) is 5.10 Å². The van der Waals surface area contributed by atoms with Crippen molar-refractivity contribution in [2.75, 3.05) is 11.9 Å². The number of nitrogens with one attached hydrogen (secondary N) is 1. The van der Waals surface area contributed by atoms with Crippen LogP contribution in [0.2, 0.25) is 0 Å². The molecule has 0 spiro atoms. The quantitative estimate of drug-likeness (QED) is 0.212. The Hall–Kier alpha value is -4.41. The third kappa shape index (κ3) is 5.04. The zero-order valence-corrected chi connectivity index (χ0v) is 20.8. The molecule has 0 bridgehead atoms. The van der Waals surface area contributed by atoms with E-state index in [2.05, 4.69) is 20.4 Å². The zero-order valence-electron chi connectivity index (χ0n) is 20.8. The molecule has 11 heteroatoms. The van der Waals surface area contributed by atoms with Crippen molar-refractivity contribution in [2.24, 2.45) is 11.7 Å². The number of nitrogens with zero attached hydrogens (tertiary/aromatic N) is 5.